The van der Waals surface area contributed by atoms with E-state index >= 15 is 0 Å². The highest BCUT2D eigenvalue weighted by Crippen LogP contribution is 2.29. The maximum atomic E-state index is 10.6. The molecule has 1 heterocycles. The normalized spacial score (nSPS) is 10.8. The van der Waals surface area contributed by atoms with Crippen molar-refractivity contribution in [2.45, 2.75) is 13.8 Å². The summed E-state index contributed by atoms with van der Waals surface area (Å²) < 4.78 is 5.61. The Morgan fingerprint density at radius 3 is 2.71 bits per heavy atom. The molecule has 1 aromatic heterocycles. The molecule has 1 aromatic carbocycles. The van der Waals surface area contributed by atoms with Crippen LogP contribution in [-0.4, -0.2) is 22.7 Å². The van der Waals surface area contributed by atoms with Gasteiger partial charge >= 0.3 is 5.97 Å². The summed E-state index contributed by atoms with van der Waals surface area (Å²) in [5, 5.41) is 8.67. The first-order valence-corrected chi connectivity index (χ1v) is 6.72. The van der Waals surface area contributed by atoms with Gasteiger partial charge in [0.15, 0.2) is 0 Å². The van der Waals surface area contributed by atoms with Gasteiger partial charge in [-0.1, -0.05) is 18.2 Å². The molecular weight excluding hydrogens is 266 g/mol. The van der Waals surface area contributed by atoms with Crippen LogP contribution in [-0.2, 0) is 4.79 Å². The zero-order valence-corrected chi connectivity index (χ0v) is 12.0. The Morgan fingerprint density at radius 1 is 1.29 bits per heavy atom. The predicted molar refractivity (Wildman–Crippen MR) is 82.2 cm³/mol. The Bertz CT molecular complexity index is 677. The largest absolute Gasteiger partial charge is 0.493 e. The van der Waals surface area contributed by atoms with Crippen LogP contribution in [0.4, 0.5) is 0 Å². The molecule has 0 atom stereocenters. The second kappa shape index (κ2) is 6.70. The molecule has 0 bridgehead atoms. The smallest absolute Gasteiger partial charge is 0.328 e. The highest BCUT2D eigenvalue weighted by molar-refractivity contribution is 5.85. The zero-order chi connectivity index (χ0) is 15.2. The average Bonchev–Trinajstić information content (AvgIpc) is 2.47. The summed E-state index contributed by atoms with van der Waals surface area (Å²) in [4.78, 5) is 15.1. The van der Waals surface area contributed by atoms with Crippen molar-refractivity contribution in [3.63, 3.8) is 0 Å². The summed E-state index contributed by atoms with van der Waals surface area (Å²) in [5.41, 5.74) is 3.30. The Labute approximate surface area is 123 Å². The van der Waals surface area contributed by atoms with Crippen molar-refractivity contribution in [2.75, 3.05) is 6.61 Å². The minimum Gasteiger partial charge on any atom is -0.493 e. The molecule has 0 unspecified atom stereocenters. The van der Waals surface area contributed by atoms with Crippen molar-refractivity contribution in [2.24, 2.45) is 0 Å². The molecule has 2 aromatic rings. The summed E-state index contributed by atoms with van der Waals surface area (Å²) in [6.45, 7) is 4.39. The number of benzene rings is 1. The topological polar surface area (TPSA) is 59.4 Å². The monoisotopic (exact) mass is 283 g/mol. The van der Waals surface area contributed by atoms with Gasteiger partial charge in [0.05, 0.1) is 12.3 Å². The molecule has 21 heavy (non-hydrogen) atoms. The number of pyridine rings is 1. The predicted octanol–water partition coefficient (Wildman–Crippen LogP) is 3.55. The van der Waals surface area contributed by atoms with Crippen LogP contribution in [0.3, 0.4) is 0 Å². The number of para-hydroxylation sites is 1. The second-order valence-corrected chi connectivity index (χ2v) is 4.47. The number of aryl methyl sites for hydroxylation is 1. The van der Waals surface area contributed by atoms with E-state index in [1.54, 1.807) is 6.08 Å². The Balaban J connectivity index is 2.38. The minimum atomic E-state index is -0.972. The van der Waals surface area contributed by atoms with Crippen LogP contribution in [0.2, 0.25) is 0 Å². The molecule has 0 saturated heterocycles. The fraction of sp³-hybridized carbons (Fsp3) is 0.176. The van der Waals surface area contributed by atoms with E-state index in [0.29, 0.717) is 6.61 Å². The quantitative estimate of drug-likeness (QED) is 0.852. The molecule has 108 valence electrons. The molecule has 0 saturated carbocycles. The molecule has 0 spiro atoms. The van der Waals surface area contributed by atoms with E-state index in [1.165, 1.54) is 0 Å². The summed E-state index contributed by atoms with van der Waals surface area (Å²) in [5.74, 6) is -0.180. The maximum Gasteiger partial charge on any atom is 0.328 e. The van der Waals surface area contributed by atoms with E-state index in [-0.39, 0.29) is 0 Å². The number of aromatic nitrogens is 1. The number of carbonyl (C=O) groups is 1. The maximum absolute atomic E-state index is 10.6. The highest BCUT2D eigenvalue weighted by Gasteiger charge is 2.08. The van der Waals surface area contributed by atoms with Crippen LogP contribution < -0.4 is 4.74 Å². The van der Waals surface area contributed by atoms with Gasteiger partial charge < -0.3 is 9.84 Å². The molecule has 4 nitrogen and oxygen atoms in total. The van der Waals surface area contributed by atoms with Crippen molar-refractivity contribution in [3.05, 3.63) is 53.7 Å². The number of ether oxygens (including phenoxy) is 1. The molecule has 0 fully saturated rings. The number of hydrogen-bond acceptors (Lipinski definition) is 3. The van der Waals surface area contributed by atoms with Gasteiger partial charge in [0.2, 0.25) is 0 Å². The zero-order valence-electron chi connectivity index (χ0n) is 12.0. The van der Waals surface area contributed by atoms with Gasteiger partial charge in [-0.3, -0.25) is 4.98 Å². The summed E-state index contributed by atoms with van der Waals surface area (Å²) in [7, 11) is 0. The lowest BCUT2D eigenvalue weighted by Crippen LogP contribution is -1.96. The van der Waals surface area contributed by atoms with Crippen molar-refractivity contribution in [3.8, 4) is 17.0 Å². The second-order valence-electron chi connectivity index (χ2n) is 4.47. The SMILES string of the molecule is CCOc1ccccc1-c1ccc(/C=C/C(=O)O)c(C)n1. The summed E-state index contributed by atoms with van der Waals surface area (Å²) >= 11 is 0. The molecule has 4 heteroatoms. The summed E-state index contributed by atoms with van der Waals surface area (Å²) in [6.07, 6.45) is 2.65. The minimum absolute atomic E-state index is 0.593. The lowest BCUT2D eigenvalue weighted by atomic mass is 10.1. The van der Waals surface area contributed by atoms with E-state index in [4.69, 9.17) is 9.84 Å². The molecule has 0 aliphatic rings. The number of nitrogens with zero attached hydrogens (tertiary/aromatic N) is 1. The van der Waals surface area contributed by atoms with Crippen LogP contribution in [0, 0.1) is 6.92 Å². The van der Waals surface area contributed by atoms with Gasteiger partial charge in [-0.15, -0.1) is 0 Å². The van der Waals surface area contributed by atoms with Crippen LogP contribution in [0.1, 0.15) is 18.2 Å². The van der Waals surface area contributed by atoms with Crippen molar-refractivity contribution >= 4 is 12.0 Å². The fourth-order valence-electron chi connectivity index (χ4n) is 2.02. The van der Waals surface area contributed by atoms with Crippen molar-refractivity contribution in [1.29, 1.82) is 0 Å². The standard InChI is InChI=1S/C17H17NO3/c1-3-21-16-7-5-4-6-14(16)15-10-8-13(12(2)18-15)9-11-17(19)20/h4-11H,3H2,1-2H3,(H,19,20)/b11-9+. The molecule has 2 rings (SSSR count). The Morgan fingerprint density at radius 2 is 2.05 bits per heavy atom. The third kappa shape index (κ3) is 3.69. The van der Waals surface area contributed by atoms with E-state index in [0.717, 1.165) is 34.3 Å². The Kier molecular flexibility index (Phi) is 4.72. The van der Waals surface area contributed by atoms with Gasteiger partial charge in [0.1, 0.15) is 5.75 Å². The highest BCUT2D eigenvalue weighted by atomic mass is 16.5. The van der Waals surface area contributed by atoms with Crippen LogP contribution in [0.15, 0.2) is 42.5 Å². The average molecular weight is 283 g/mol. The van der Waals surface area contributed by atoms with Gasteiger partial charge in [-0.2, -0.15) is 0 Å². The molecule has 0 aliphatic carbocycles. The summed E-state index contributed by atoms with van der Waals surface area (Å²) in [6, 6.07) is 11.5. The van der Waals surface area contributed by atoms with Gasteiger partial charge in [-0.25, -0.2) is 4.79 Å². The molecule has 1 N–H and O–H groups in total. The van der Waals surface area contributed by atoms with Gasteiger partial charge in [0, 0.05) is 17.3 Å². The number of rotatable bonds is 5. The van der Waals surface area contributed by atoms with Crippen LogP contribution in [0.5, 0.6) is 5.75 Å². The first-order valence-electron chi connectivity index (χ1n) is 6.72. The molecule has 0 amide bonds. The number of aliphatic carboxylic acids is 1. The van der Waals surface area contributed by atoms with Crippen molar-refractivity contribution < 1.29 is 14.6 Å². The van der Waals surface area contributed by atoms with Gasteiger partial charge in [0.25, 0.3) is 0 Å². The molecule has 0 aliphatic heterocycles. The lowest BCUT2D eigenvalue weighted by molar-refractivity contribution is -0.131. The van der Waals surface area contributed by atoms with E-state index in [2.05, 4.69) is 4.98 Å². The van der Waals surface area contributed by atoms with Crippen LogP contribution >= 0.6 is 0 Å². The number of carboxylic acids is 1. The van der Waals surface area contributed by atoms with Crippen molar-refractivity contribution in [1.82, 2.24) is 4.98 Å². The lowest BCUT2D eigenvalue weighted by Gasteiger charge is -2.10. The number of carboxylic acid groups (broad SMARTS) is 1. The first-order chi connectivity index (χ1) is 10.1. The van der Waals surface area contributed by atoms with E-state index in [9.17, 15) is 4.79 Å². The number of hydrogen-bond donors (Lipinski definition) is 1. The first kappa shape index (κ1) is 14.8. The third-order valence-corrected chi connectivity index (χ3v) is 3.00. The Hall–Kier alpha value is -2.62. The van der Waals surface area contributed by atoms with Crippen LogP contribution in [0.25, 0.3) is 17.3 Å². The molecule has 0 radical (unpaired) electrons. The van der Waals surface area contributed by atoms with Gasteiger partial charge in [-0.05, 0) is 43.7 Å². The van der Waals surface area contributed by atoms with E-state index < -0.39 is 5.97 Å². The fourth-order valence-corrected chi connectivity index (χ4v) is 2.02. The van der Waals surface area contributed by atoms with E-state index in [1.807, 2.05) is 50.2 Å². The molecular formula is C17H17NO3. The third-order valence-electron chi connectivity index (χ3n) is 3.00.